The summed E-state index contributed by atoms with van der Waals surface area (Å²) < 4.78 is 39.2. The first-order valence-electron chi connectivity index (χ1n) is 4.91. The van der Waals surface area contributed by atoms with Crippen LogP contribution in [0.5, 0.6) is 0 Å². The lowest BCUT2D eigenvalue weighted by Gasteiger charge is -2.09. The van der Waals surface area contributed by atoms with Gasteiger partial charge in [0.1, 0.15) is 11.5 Å². The molecule has 0 spiro atoms. The van der Waals surface area contributed by atoms with Crippen molar-refractivity contribution >= 4 is 5.82 Å². The molecule has 0 fully saturated rings. The molecule has 0 aliphatic carbocycles. The highest BCUT2D eigenvalue weighted by atomic mass is 19.4. The predicted octanol–water partition coefficient (Wildman–Crippen LogP) is 1.33. The summed E-state index contributed by atoms with van der Waals surface area (Å²) in [5, 5.41) is 9.80. The van der Waals surface area contributed by atoms with Crippen molar-refractivity contribution in [1.82, 2.24) is 25.0 Å². The molecule has 1 N–H and O–H groups in total. The van der Waals surface area contributed by atoms with Crippen LogP contribution in [0.2, 0.25) is 0 Å². The molecule has 0 aromatic carbocycles. The Labute approximate surface area is 99.9 Å². The molecule has 0 radical (unpaired) electrons. The van der Waals surface area contributed by atoms with Crippen LogP contribution in [0, 0.1) is 0 Å². The first-order valence-corrected chi connectivity index (χ1v) is 4.91. The quantitative estimate of drug-likeness (QED) is 0.880. The van der Waals surface area contributed by atoms with Gasteiger partial charge in [-0.2, -0.15) is 13.2 Å². The molecule has 96 valence electrons. The molecule has 0 saturated heterocycles. The van der Waals surface area contributed by atoms with E-state index in [1.54, 1.807) is 7.05 Å². The molecule has 0 atom stereocenters. The summed E-state index contributed by atoms with van der Waals surface area (Å²) in [5.41, 5.74) is 0.480. The minimum absolute atomic E-state index is 0.0773. The molecule has 0 saturated carbocycles. The summed E-state index contributed by atoms with van der Waals surface area (Å²) >= 11 is 0. The normalized spacial score (nSPS) is 11.6. The number of hydrogen-bond donors (Lipinski definition) is 1. The summed E-state index contributed by atoms with van der Waals surface area (Å²) in [6, 6.07) is 1.40. The second-order valence-corrected chi connectivity index (χ2v) is 3.45. The van der Waals surface area contributed by atoms with E-state index in [0.717, 1.165) is 0 Å². The van der Waals surface area contributed by atoms with Gasteiger partial charge in [0, 0.05) is 20.2 Å². The molecule has 9 heteroatoms. The number of anilines is 1. The van der Waals surface area contributed by atoms with Gasteiger partial charge in [-0.15, -0.1) is 5.10 Å². The second-order valence-electron chi connectivity index (χ2n) is 3.45. The Morgan fingerprint density at radius 1 is 1.28 bits per heavy atom. The number of aromatic nitrogens is 5. The minimum Gasteiger partial charge on any atom is -0.373 e. The van der Waals surface area contributed by atoms with Crippen molar-refractivity contribution < 1.29 is 13.2 Å². The Morgan fingerprint density at radius 3 is 2.50 bits per heavy atom. The van der Waals surface area contributed by atoms with Gasteiger partial charge in [0.15, 0.2) is 0 Å². The van der Waals surface area contributed by atoms with E-state index in [2.05, 4.69) is 25.6 Å². The van der Waals surface area contributed by atoms with Crippen molar-refractivity contribution in [2.75, 3.05) is 12.4 Å². The van der Waals surface area contributed by atoms with Crippen LogP contribution in [-0.2, 0) is 13.2 Å². The molecular formula is C9H9F3N6. The molecule has 2 rings (SSSR count). The Morgan fingerprint density at radius 2 is 2.00 bits per heavy atom. The zero-order valence-corrected chi connectivity index (χ0v) is 9.52. The lowest BCUT2D eigenvalue weighted by atomic mass is 10.3. The Bertz CT molecular complexity index is 562. The van der Waals surface area contributed by atoms with Gasteiger partial charge in [0.2, 0.25) is 5.82 Å². The number of rotatable bonds is 2. The molecule has 0 amide bonds. The second kappa shape index (κ2) is 4.24. The number of nitrogens with one attached hydrogen (secondary N) is 1. The van der Waals surface area contributed by atoms with Crippen LogP contribution in [-0.4, -0.2) is 32.0 Å². The van der Waals surface area contributed by atoms with Crippen molar-refractivity contribution in [1.29, 1.82) is 0 Å². The highest BCUT2D eigenvalue weighted by Crippen LogP contribution is 2.29. The number of hydrogen-bond acceptors (Lipinski definition) is 5. The van der Waals surface area contributed by atoms with Gasteiger partial charge >= 0.3 is 6.18 Å². The molecule has 2 heterocycles. The summed E-state index contributed by atoms with van der Waals surface area (Å²) in [7, 11) is 3.05. The van der Waals surface area contributed by atoms with Crippen molar-refractivity contribution in [2.24, 2.45) is 7.05 Å². The lowest BCUT2D eigenvalue weighted by Crippen LogP contribution is -2.13. The summed E-state index contributed by atoms with van der Waals surface area (Å²) in [5.74, 6) is -1.13. The smallest absolute Gasteiger partial charge is 0.373 e. The van der Waals surface area contributed by atoms with Crippen LogP contribution in [0.25, 0.3) is 11.4 Å². The maximum atomic E-state index is 12.6. The largest absolute Gasteiger partial charge is 0.451 e. The average molecular weight is 258 g/mol. The van der Waals surface area contributed by atoms with E-state index in [1.807, 2.05) is 0 Å². The maximum Gasteiger partial charge on any atom is 0.451 e. The Kier molecular flexibility index (Phi) is 2.89. The van der Waals surface area contributed by atoms with Crippen LogP contribution >= 0.6 is 0 Å². The number of halogens is 3. The van der Waals surface area contributed by atoms with Gasteiger partial charge in [-0.25, -0.2) is 14.6 Å². The average Bonchev–Trinajstić information content (AvgIpc) is 2.73. The third kappa shape index (κ3) is 2.24. The van der Waals surface area contributed by atoms with Crippen molar-refractivity contribution in [2.45, 2.75) is 6.18 Å². The van der Waals surface area contributed by atoms with Crippen molar-refractivity contribution in [3.8, 4) is 11.4 Å². The van der Waals surface area contributed by atoms with Gasteiger partial charge in [-0.1, -0.05) is 5.21 Å². The molecular weight excluding hydrogens is 249 g/mol. The number of alkyl halides is 3. The van der Waals surface area contributed by atoms with Crippen LogP contribution < -0.4 is 5.32 Å². The molecule has 2 aromatic heterocycles. The molecule has 0 bridgehead atoms. The first kappa shape index (κ1) is 12.3. The van der Waals surface area contributed by atoms with E-state index in [0.29, 0.717) is 5.69 Å². The zero-order valence-electron chi connectivity index (χ0n) is 9.52. The van der Waals surface area contributed by atoms with E-state index in [-0.39, 0.29) is 11.5 Å². The van der Waals surface area contributed by atoms with Crippen LogP contribution in [0.4, 0.5) is 19.0 Å². The maximum absolute atomic E-state index is 12.6. The SMILES string of the molecule is CNc1cc(-c2cnnn2C)nc(C(F)(F)F)n1. The van der Waals surface area contributed by atoms with Crippen LogP contribution in [0.1, 0.15) is 5.82 Å². The zero-order chi connectivity index (χ0) is 13.3. The predicted molar refractivity (Wildman–Crippen MR) is 56.6 cm³/mol. The fourth-order valence-corrected chi connectivity index (χ4v) is 1.35. The minimum atomic E-state index is -4.60. The molecule has 0 aliphatic rings. The van der Waals surface area contributed by atoms with Crippen molar-refractivity contribution in [3.63, 3.8) is 0 Å². The van der Waals surface area contributed by atoms with Gasteiger partial charge in [0.25, 0.3) is 0 Å². The number of aryl methyl sites for hydroxylation is 1. The van der Waals surface area contributed by atoms with Gasteiger partial charge in [-0.3, -0.25) is 0 Å². The Balaban J connectivity index is 2.58. The first-order chi connectivity index (χ1) is 8.41. The fraction of sp³-hybridized carbons (Fsp3) is 0.333. The summed E-state index contributed by atoms with van der Waals surface area (Å²) in [6.07, 6.45) is -3.27. The monoisotopic (exact) mass is 258 g/mol. The molecule has 0 aliphatic heterocycles. The van der Waals surface area contributed by atoms with E-state index in [1.165, 1.54) is 24.0 Å². The molecule has 6 nitrogen and oxygen atoms in total. The lowest BCUT2D eigenvalue weighted by molar-refractivity contribution is -0.144. The molecule has 0 unspecified atom stereocenters. The topological polar surface area (TPSA) is 68.5 Å². The van der Waals surface area contributed by atoms with Gasteiger partial charge in [0.05, 0.1) is 11.9 Å². The van der Waals surface area contributed by atoms with E-state index >= 15 is 0 Å². The van der Waals surface area contributed by atoms with Gasteiger partial charge < -0.3 is 5.32 Å². The third-order valence-corrected chi connectivity index (χ3v) is 2.21. The number of nitrogens with zero attached hydrogens (tertiary/aromatic N) is 5. The van der Waals surface area contributed by atoms with E-state index < -0.39 is 12.0 Å². The molecule has 18 heavy (non-hydrogen) atoms. The third-order valence-electron chi connectivity index (χ3n) is 2.21. The van der Waals surface area contributed by atoms with Crippen LogP contribution in [0.15, 0.2) is 12.3 Å². The molecule has 2 aromatic rings. The summed E-state index contributed by atoms with van der Waals surface area (Å²) in [6.45, 7) is 0. The van der Waals surface area contributed by atoms with Gasteiger partial charge in [-0.05, 0) is 0 Å². The van der Waals surface area contributed by atoms with E-state index in [4.69, 9.17) is 0 Å². The Hall–Kier alpha value is -2.19. The van der Waals surface area contributed by atoms with E-state index in [9.17, 15) is 13.2 Å². The van der Waals surface area contributed by atoms with Crippen molar-refractivity contribution in [3.05, 3.63) is 18.1 Å². The highest BCUT2D eigenvalue weighted by molar-refractivity contribution is 5.57. The van der Waals surface area contributed by atoms with Crippen LogP contribution in [0.3, 0.4) is 0 Å². The standard InChI is InChI=1S/C9H9F3N6/c1-13-7-3-5(6-4-14-17-18(6)2)15-8(16-7)9(10,11)12/h3-4H,1-2H3,(H,13,15,16). The fourth-order valence-electron chi connectivity index (χ4n) is 1.35. The highest BCUT2D eigenvalue weighted by Gasteiger charge is 2.35. The summed E-state index contributed by atoms with van der Waals surface area (Å²) in [4.78, 5) is 6.84.